The van der Waals surface area contributed by atoms with Crippen LogP contribution < -0.4 is 15.6 Å². The van der Waals surface area contributed by atoms with Gasteiger partial charge in [0.15, 0.2) is 5.16 Å². The van der Waals surface area contributed by atoms with E-state index in [-0.39, 0.29) is 28.0 Å². The first kappa shape index (κ1) is 31.6. The minimum atomic E-state index is -0.277. The van der Waals surface area contributed by atoms with Gasteiger partial charge in [-0.15, -0.1) is 0 Å². The molecule has 1 amide bonds. The highest BCUT2D eigenvalue weighted by molar-refractivity contribution is 7.99. The van der Waals surface area contributed by atoms with Gasteiger partial charge in [-0.25, -0.2) is 4.98 Å². The van der Waals surface area contributed by atoms with E-state index in [1.54, 1.807) is 11.7 Å². The van der Waals surface area contributed by atoms with Crippen molar-refractivity contribution in [3.05, 3.63) is 111 Å². The SMILES string of the molecule is COc1ccccc1-n1c(SCC(=O)NC2=C(C#N)C3(CCCC3)Cc3ccccc32)nc2c(c1=O)C1(CCCCC1)Cc1ccccc1-2. The average molecular weight is 669 g/mol. The monoisotopic (exact) mass is 668 g/mol. The highest BCUT2D eigenvalue weighted by Crippen LogP contribution is 2.52. The number of hydrogen-bond donors (Lipinski definition) is 1. The smallest absolute Gasteiger partial charge is 0.263 e. The number of thioether (sulfide) groups is 1. The fraction of sp³-hybridized carbons (Fsp3) is 0.366. The van der Waals surface area contributed by atoms with Crippen LogP contribution in [0.4, 0.5) is 0 Å². The van der Waals surface area contributed by atoms with Gasteiger partial charge in [-0.1, -0.05) is 105 Å². The molecule has 3 aromatic carbocycles. The van der Waals surface area contributed by atoms with Crippen molar-refractivity contribution in [1.29, 1.82) is 5.26 Å². The van der Waals surface area contributed by atoms with Gasteiger partial charge in [0.1, 0.15) is 5.75 Å². The first-order valence-corrected chi connectivity index (χ1v) is 18.5. The Kier molecular flexibility index (Phi) is 8.19. The Labute approximate surface area is 291 Å². The number of nitrogens with zero attached hydrogens (tertiary/aromatic N) is 3. The predicted octanol–water partition coefficient (Wildman–Crippen LogP) is 7.93. The van der Waals surface area contributed by atoms with Gasteiger partial charge in [0.25, 0.3) is 5.56 Å². The van der Waals surface area contributed by atoms with E-state index in [1.165, 1.54) is 29.3 Å². The molecule has 0 atom stereocenters. The molecule has 0 saturated heterocycles. The van der Waals surface area contributed by atoms with E-state index in [9.17, 15) is 10.1 Å². The van der Waals surface area contributed by atoms with Gasteiger partial charge in [0, 0.05) is 22.0 Å². The predicted molar refractivity (Wildman–Crippen MR) is 193 cm³/mol. The maximum absolute atomic E-state index is 15.0. The van der Waals surface area contributed by atoms with E-state index in [2.05, 4.69) is 35.7 Å². The summed E-state index contributed by atoms with van der Waals surface area (Å²) in [5.41, 5.74) is 7.16. The van der Waals surface area contributed by atoms with Gasteiger partial charge >= 0.3 is 0 Å². The Morgan fingerprint density at radius 3 is 2.22 bits per heavy atom. The number of allylic oxidation sites excluding steroid dienone is 1. The number of rotatable bonds is 6. The van der Waals surface area contributed by atoms with Crippen LogP contribution in [-0.4, -0.2) is 28.3 Å². The summed E-state index contributed by atoms with van der Waals surface area (Å²) < 4.78 is 7.43. The van der Waals surface area contributed by atoms with Crippen LogP contribution in [0.25, 0.3) is 22.6 Å². The number of aromatic nitrogens is 2. The highest BCUT2D eigenvalue weighted by atomic mass is 32.2. The molecule has 0 radical (unpaired) electrons. The molecule has 2 fully saturated rings. The van der Waals surface area contributed by atoms with Crippen molar-refractivity contribution in [3.63, 3.8) is 0 Å². The van der Waals surface area contributed by atoms with E-state index in [0.29, 0.717) is 27.9 Å². The van der Waals surface area contributed by atoms with Crippen molar-refractivity contribution < 1.29 is 9.53 Å². The van der Waals surface area contributed by atoms with E-state index >= 15 is 4.79 Å². The van der Waals surface area contributed by atoms with Crippen LogP contribution in [0, 0.1) is 16.7 Å². The molecular formula is C41H40N4O3S. The second-order valence-corrected chi connectivity index (χ2v) is 15.1. The normalized spacial score (nSPS) is 18.4. The molecule has 0 aliphatic heterocycles. The molecule has 0 bridgehead atoms. The summed E-state index contributed by atoms with van der Waals surface area (Å²) in [7, 11) is 1.61. The highest BCUT2D eigenvalue weighted by Gasteiger charge is 2.45. The van der Waals surface area contributed by atoms with E-state index in [1.807, 2.05) is 48.5 Å². The Morgan fingerprint density at radius 1 is 0.878 bits per heavy atom. The number of hydrogen-bond acceptors (Lipinski definition) is 6. The Balaban J connectivity index is 1.22. The summed E-state index contributed by atoms with van der Waals surface area (Å²) in [4.78, 5) is 34.2. The van der Waals surface area contributed by atoms with Crippen molar-refractivity contribution in [1.82, 2.24) is 14.9 Å². The van der Waals surface area contributed by atoms with Gasteiger partial charge < -0.3 is 10.1 Å². The van der Waals surface area contributed by atoms with Crippen molar-refractivity contribution in [2.75, 3.05) is 12.9 Å². The Hall–Kier alpha value is -4.61. The molecule has 1 heterocycles. The maximum atomic E-state index is 15.0. The number of para-hydroxylation sites is 2. The molecule has 0 unspecified atom stereocenters. The van der Waals surface area contributed by atoms with Crippen LogP contribution in [0.15, 0.2) is 88.3 Å². The van der Waals surface area contributed by atoms with Crippen LogP contribution in [0.5, 0.6) is 5.75 Å². The van der Waals surface area contributed by atoms with Gasteiger partial charge in [-0.2, -0.15) is 5.26 Å². The fourth-order valence-corrected chi connectivity index (χ4v) is 9.97. The fourth-order valence-electron chi connectivity index (χ4n) is 9.17. The second kappa shape index (κ2) is 12.7. The number of fused-ring (bicyclic) bond motifs is 5. The summed E-state index contributed by atoms with van der Waals surface area (Å²) in [6.07, 6.45) is 11.0. The zero-order valence-electron chi connectivity index (χ0n) is 27.9. The number of ether oxygens (including phenoxy) is 1. The molecule has 1 N–H and O–H groups in total. The molecule has 2 spiro atoms. The van der Waals surface area contributed by atoms with Crippen LogP contribution in [0.3, 0.4) is 0 Å². The molecule has 2 saturated carbocycles. The van der Waals surface area contributed by atoms with Crippen LogP contribution in [0.2, 0.25) is 0 Å². The minimum Gasteiger partial charge on any atom is -0.495 e. The quantitative estimate of drug-likeness (QED) is 0.166. The van der Waals surface area contributed by atoms with E-state index in [0.717, 1.165) is 86.6 Å². The van der Waals surface area contributed by atoms with Crippen molar-refractivity contribution in [2.24, 2.45) is 5.41 Å². The summed E-state index contributed by atoms with van der Waals surface area (Å²) in [5.74, 6) is 0.348. The molecule has 4 aliphatic carbocycles. The average Bonchev–Trinajstić information content (AvgIpc) is 3.59. The van der Waals surface area contributed by atoms with Crippen LogP contribution >= 0.6 is 11.8 Å². The minimum absolute atomic E-state index is 0.0184. The standard InChI is InChI=1S/C41H40N4O3S/c1-48-33-18-8-7-17-32(33)45-38(47)35-37(30-16-6-4-14-28(30)24-41(35)21-9-2-10-22-41)44-39(45)49-26-34(46)43-36-29-15-5-3-13-27(29)23-40(31(36)25-42)19-11-12-20-40/h3-8,13-18H,2,9-12,19-24,26H2,1H3,(H,43,46). The third-order valence-corrected chi connectivity index (χ3v) is 12.3. The lowest BCUT2D eigenvalue weighted by molar-refractivity contribution is -0.117. The van der Waals surface area contributed by atoms with Gasteiger partial charge in [0.05, 0.1) is 47.1 Å². The van der Waals surface area contributed by atoms with E-state index < -0.39 is 0 Å². The van der Waals surface area contributed by atoms with Gasteiger partial charge in [-0.3, -0.25) is 14.2 Å². The third-order valence-electron chi connectivity index (χ3n) is 11.4. The van der Waals surface area contributed by atoms with Gasteiger partial charge in [0.2, 0.25) is 5.91 Å². The molecular weight excluding hydrogens is 629 g/mol. The van der Waals surface area contributed by atoms with Crippen LogP contribution in [0.1, 0.15) is 80.0 Å². The maximum Gasteiger partial charge on any atom is 0.263 e. The number of nitriles is 1. The second-order valence-electron chi connectivity index (χ2n) is 14.1. The summed E-state index contributed by atoms with van der Waals surface area (Å²) in [5, 5.41) is 14.1. The molecule has 8 rings (SSSR count). The van der Waals surface area contributed by atoms with Crippen molar-refractivity contribution >= 4 is 23.4 Å². The Bertz CT molecular complexity index is 2100. The molecule has 1 aromatic heterocycles. The summed E-state index contributed by atoms with van der Waals surface area (Å²) in [6, 6.07) is 26.5. The first-order chi connectivity index (χ1) is 24.0. The first-order valence-electron chi connectivity index (χ1n) is 17.5. The molecule has 248 valence electrons. The lowest BCUT2D eigenvalue weighted by Gasteiger charge is -2.42. The van der Waals surface area contributed by atoms with Crippen molar-refractivity contribution in [3.8, 4) is 28.8 Å². The number of benzene rings is 3. The largest absolute Gasteiger partial charge is 0.495 e. The lowest BCUT2D eigenvalue weighted by Crippen LogP contribution is -2.43. The molecule has 4 aromatic rings. The number of nitrogens with one attached hydrogen (secondary N) is 1. The van der Waals surface area contributed by atoms with Crippen LogP contribution in [-0.2, 0) is 23.1 Å². The number of amides is 1. The Morgan fingerprint density at radius 2 is 1.49 bits per heavy atom. The topological polar surface area (TPSA) is 97.0 Å². The number of carbonyl (C=O) groups is 1. The van der Waals surface area contributed by atoms with Crippen molar-refractivity contribution in [2.45, 2.75) is 81.2 Å². The summed E-state index contributed by atoms with van der Waals surface area (Å²) in [6.45, 7) is 0. The third kappa shape index (κ3) is 5.30. The zero-order chi connectivity index (χ0) is 33.6. The molecule has 7 nitrogen and oxygen atoms in total. The molecule has 49 heavy (non-hydrogen) atoms. The van der Waals surface area contributed by atoms with Gasteiger partial charge in [-0.05, 0) is 61.8 Å². The number of carbonyl (C=O) groups excluding carboxylic acids is 1. The lowest BCUT2D eigenvalue weighted by atomic mass is 9.62. The molecule has 8 heteroatoms. The number of methoxy groups -OCH3 is 1. The summed E-state index contributed by atoms with van der Waals surface area (Å²) >= 11 is 1.25. The zero-order valence-corrected chi connectivity index (χ0v) is 28.7. The van der Waals surface area contributed by atoms with E-state index in [4.69, 9.17) is 9.72 Å². The molecule has 4 aliphatic rings.